The summed E-state index contributed by atoms with van der Waals surface area (Å²) in [7, 11) is -3.83. The number of anilines is 1. The van der Waals surface area contributed by atoms with Crippen molar-refractivity contribution in [3.05, 3.63) is 54.1 Å². The van der Waals surface area contributed by atoms with Crippen LogP contribution in [0.2, 0.25) is 0 Å². The van der Waals surface area contributed by atoms with E-state index in [-0.39, 0.29) is 10.6 Å². The van der Waals surface area contributed by atoms with Gasteiger partial charge in [0.2, 0.25) is 10.0 Å². The van der Waals surface area contributed by atoms with Crippen LogP contribution in [0.5, 0.6) is 5.75 Å². The fourth-order valence-corrected chi connectivity index (χ4v) is 3.30. The van der Waals surface area contributed by atoms with Gasteiger partial charge < -0.3 is 10.8 Å². The van der Waals surface area contributed by atoms with Crippen LogP contribution in [0.25, 0.3) is 10.8 Å². The molecule has 0 atom stereocenters. The summed E-state index contributed by atoms with van der Waals surface area (Å²) in [6.45, 7) is 1.65. The molecule has 0 bridgehead atoms. The average molecular weight is 356 g/mol. The molecule has 0 aliphatic carbocycles. The summed E-state index contributed by atoms with van der Waals surface area (Å²) in [4.78, 5) is 0.0102. The molecule has 3 rings (SSSR count). The first kappa shape index (κ1) is 16.9. The minimum atomic E-state index is -3.83. The minimum Gasteiger partial charge on any atom is -0.508 e. The normalized spacial score (nSPS) is 12.1. The fraction of sp³-hybridized carbons (Fsp3) is 0.0588. The lowest BCUT2D eigenvalue weighted by Crippen LogP contribution is -2.13. The summed E-state index contributed by atoms with van der Waals surface area (Å²) < 4.78 is 23.2. The molecule has 0 amide bonds. The molecule has 128 valence electrons. The van der Waals surface area contributed by atoms with Gasteiger partial charge in [-0.1, -0.05) is 6.07 Å². The van der Waals surface area contributed by atoms with E-state index in [4.69, 9.17) is 10.9 Å². The number of aryl methyl sites for hydroxylation is 1. The number of phenolic OH excluding ortho intramolecular Hbond substituents is 1. The summed E-state index contributed by atoms with van der Waals surface area (Å²) >= 11 is 0. The maximum Gasteiger partial charge on any atom is 0.238 e. The van der Waals surface area contributed by atoms with E-state index < -0.39 is 10.0 Å². The van der Waals surface area contributed by atoms with Crippen LogP contribution in [-0.2, 0) is 10.0 Å². The van der Waals surface area contributed by atoms with Crippen LogP contribution < -0.4 is 10.9 Å². The van der Waals surface area contributed by atoms with Crippen molar-refractivity contribution >= 4 is 37.9 Å². The lowest BCUT2D eigenvalue weighted by molar-refractivity contribution is 0.476. The fourth-order valence-electron chi connectivity index (χ4n) is 2.50. The predicted molar refractivity (Wildman–Crippen MR) is 96.8 cm³/mol. The van der Waals surface area contributed by atoms with Crippen LogP contribution in [-0.4, -0.2) is 13.5 Å². The summed E-state index contributed by atoms with van der Waals surface area (Å²) in [5.74, 6) is 0.101. The van der Waals surface area contributed by atoms with Gasteiger partial charge in [-0.25, -0.2) is 13.6 Å². The number of hydrogen-bond donors (Lipinski definition) is 3. The molecule has 7 nitrogen and oxygen atoms in total. The first-order chi connectivity index (χ1) is 11.8. The van der Waals surface area contributed by atoms with E-state index in [1.54, 1.807) is 43.3 Å². The molecule has 3 aromatic rings. The van der Waals surface area contributed by atoms with Gasteiger partial charge >= 0.3 is 0 Å². The highest BCUT2D eigenvalue weighted by molar-refractivity contribution is 7.89. The van der Waals surface area contributed by atoms with Gasteiger partial charge in [-0.3, -0.25) is 0 Å². The first-order valence-corrected chi connectivity index (χ1v) is 8.87. The quantitative estimate of drug-likeness (QED) is 0.489. The number of sulfonamides is 1. The summed E-state index contributed by atoms with van der Waals surface area (Å²) in [6.07, 6.45) is 0. The van der Waals surface area contributed by atoms with Gasteiger partial charge in [0.05, 0.1) is 16.3 Å². The van der Waals surface area contributed by atoms with Crippen LogP contribution in [0, 0.1) is 6.92 Å². The second kappa shape index (κ2) is 6.15. The van der Waals surface area contributed by atoms with Crippen molar-refractivity contribution in [2.24, 2.45) is 15.4 Å². The summed E-state index contributed by atoms with van der Waals surface area (Å²) in [5.41, 5.74) is 7.87. The Morgan fingerprint density at radius 1 is 0.960 bits per heavy atom. The van der Waals surface area contributed by atoms with Crippen molar-refractivity contribution in [2.45, 2.75) is 11.8 Å². The van der Waals surface area contributed by atoms with Crippen LogP contribution in [0.3, 0.4) is 0 Å². The zero-order valence-corrected chi connectivity index (χ0v) is 14.2. The number of benzene rings is 3. The highest BCUT2D eigenvalue weighted by atomic mass is 32.2. The largest absolute Gasteiger partial charge is 0.508 e. The Morgan fingerprint density at radius 3 is 2.44 bits per heavy atom. The van der Waals surface area contributed by atoms with Gasteiger partial charge in [0.1, 0.15) is 5.75 Å². The molecule has 0 saturated carbocycles. The lowest BCUT2D eigenvalue weighted by atomic mass is 10.1. The van der Waals surface area contributed by atoms with E-state index in [0.29, 0.717) is 28.0 Å². The molecular weight excluding hydrogens is 340 g/mol. The highest BCUT2D eigenvalue weighted by Gasteiger charge is 2.12. The molecule has 25 heavy (non-hydrogen) atoms. The van der Waals surface area contributed by atoms with Gasteiger partial charge in [0, 0.05) is 16.5 Å². The van der Waals surface area contributed by atoms with Crippen LogP contribution in [0.15, 0.2) is 63.7 Å². The monoisotopic (exact) mass is 356 g/mol. The smallest absolute Gasteiger partial charge is 0.238 e. The molecule has 0 heterocycles. The third-order valence-electron chi connectivity index (χ3n) is 3.76. The number of rotatable bonds is 3. The number of phenols is 1. The van der Waals surface area contributed by atoms with Crippen molar-refractivity contribution in [3.8, 4) is 5.75 Å². The number of nitrogens with zero attached hydrogens (tertiary/aromatic N) is 2. The molecule has 0 aliphatic heterocycles. The highest BCUT2D eigenvalue weighted by Crippen LogP contribution is 2.34. The van der Waals surface area contributed by atoms with Crippen molar-refractivity contribution in [2.75, 3.05) is 5.73 Å². The van der Waals surface area contributed by atoms with E-state index >= 15 is 0 Å². The van der Waals surface area contributed by atoms with Crippen LogP contribution in [0.4, 0.5) is 17.1 Å². The molecule has 0 saturated heterocycles. The Kier molecular flexibility index (Phi) is 4.15. The Morgan fingerprint density at radius 2 is 1.72 bits per heavy atom. The molecule has 0 aromatic heterocycles. The summed E-state index contributed by atoms with van der Waals surface area (Å²) in [6, 6.07) is 12.8. The third-order valence-corrected chi connectivity index (χ3v) is 4.82. The van der Waals surface area contributed by atoms with Crippen LogP contribution in [0.1, 0.15) is 5.56 Å². The molecule has 0 spiro atoms. The Labute approximate surface area is 144 Å². The number of nitrogen functional groups attached to an aromatic ring is 1. The Balaban J connectivity index is 2.07. The number of fused-ring (bicyclic) bond motifs is 1. The second-order valence-electron chi connectivity index (χ2n) is 5.60. The molecule has 3 aromatic carbocycles. The van der Waals surface area contributed by atoms with E-state index in [1.807, 2.05) is 0 Å². The number of aromatic hydroxyl groups is 1. The number of azo groups is 1. The molecule has 0 aliphatic rings. The van der Waals surface area contributed by atoms with Gasteiger partial charge in [0.15, 0.2) is 0 Å². The van der Waals surface area contributed by atoms with Crippen LogP contribution >= 0.6 is 0 Å². The minimum absolute atomic E-state index is 0.0102. The van der Waals surface area contributed by atoms with E-state index in [9.17, 15) is 13.5 Å². The topological polar surface area (TPSA) is 131 Å². The van der Waals surface area contributed by atoms with Gasteiger partial charge in [-0.05, 0) is 55.0 Å². The summed E-state index contributed by atoms with van der Waals surface area (Å²) in [5, 5.41) is 24.5. The number of nitrogens with two attached hydrogens (primary N) is 2. The Bertz CT molecular complexity index is 1110. The van der Waals surface area contributed by atoms with Crippen molar-refractivity contribution in [1.82, 2.24) is 0 Å². The lowest BCUT2D eigenvalue weighted by Gasteiger charge is -2.06. The number of primary sulfonamides is 1. The van der Waals surface area contributed by atoms with Gasteiger partial charge in [0.25, 0.3) is 0 Å². The van der Waals surface area contributed by atoms with Gasteiger partial charge in [-0.15, -0.1) is 5.11 Å². The van der Waals surface area contributed by atoms with Crippen molar-refractivity contribution in [3.63, 3.8) is 0 Å². The second-order valence-corrected chi connectivity index (χ2v) is 7.13. The SMILES string of the molecule is Cc1ccc(N=Nc2ccc(N)c3cc(O)ccc23)cc1S(N)(=O)=O. The molecule has 0 unspecified atom stereocenters. The van der Waals surface area contributed by atoms with E-state index in [1.165, 1.54) is 12.1 Å². The first-order valence-electron chi connectivity index (χ1n) is 7.32. The average Bonchev–Trinajstić information content (AvgIpc) is 2.55. The zero-order chi connectivity index (χ0) is 18.2. The van der Waals surface area contributed by atoms with E-state index in [0.717, 1.165) is 5.39 Å². The Hall–Kier alpha value is -2.97. The third kappa shape index (κ3) is 3.44. The molecule has 8 heteroatoms. The zero-order valence-electron chi connectivity index (χ0n) is 13.3. The molecule has 0 radical (unpaired) electrons. The maximum absolute atomic E-state index is 11.6. The van der Waals surface area contributed by atoms with Crippen molar-refractivity contribution < 1.29 is 13.5 Å². The van der Waals surface area contributed by atoms with Crippen molar-refractivity contribution in [1.29, 1.82) is 0 Å². The number of hydrogen-bond acceptors (Lipinski definition) is 6. The maximum atomic E-state index is 11.6. The standard InChI is InChI=1S/C17H16N4O3S/c1-10-2-3-11(8-17(10)25(19,23)24)20-21-16-7-6-15(18)14-9-12(22)4-5-13(14)16/h2-9,22H,18H2,1H3,(H2,19,23,24). The molecule has 5 N–H and O–H groups in total. The molecular formula is C17H16N4O3S. The molecule has 0 fully saturated rings. The van der Waals surface area contributed by atoms with Gasteiger partial charge in [-0.2, -0.15) is 5.11 Å². The predicted octanol–water partition coefficient (Wildman–Crippen LogP) is 3.50. The van der Waals surface area contributed by atoms with E-state index in [2.05, 4.69) is 10.2 Å².